The van der Waals surface area contributed by atoms with Gasteiger partial charge in [0.1, 0.15) is 6.17 Å². The predicted molar refractivity (Wildman–Crippen MR) is 138 cm³/mol. The van der Waals surface area contributed by atoms with Crippen molar-refractivity contribution in [2.45, 2.75) is 88.3 Å². The molecule has 12 heteroatoms. The molecule has 216 valence electrons. The van der Waals surface area contributed by atoms with Gasteiger partial charge in [0.2, 0.25) is 5.91 Å². The van der Waals surface area contributed by atoms with E-state index < -0.39 is 36.0 Å². The summed E-state index contributed by atoms with van der Waals surface area (Å²) < 4.78 is 64.3. The molecule has 3 aliphatic rings. The Morgan fingerprint density at radius 2 is 1.95 bits per heavy atom. The Balaban J connectivity index is 1.37. The number of hydrogen-bond donors (Lipinski definition) is 2. The molecule has 7 atom stereocenters. The summed E-state index contributed by atoms with van der Waals surface area (Å²) in [5, 5.41) is 17.0. The number of aromatic nitrogens is 3. The second-order valence-electron chi connectivity index (χ2n) is 11.7. The number of nitrogens with zero attached hydrogens (tertiary/aromatic N) is 3. The fourth-order valence-electron chi connectivity index (χ4n) is 6.86. The summed E-state index contributed by atoms with van der Waals surface area (Å²) in [5.41, 5.74) is -0.750. The number of thiazole rings is 1. The van der Waals surface area contributed by atoms with Crippen LogP contribution in [0.2, 0.25) is 0 Å². The molecule has 5 rings (SSSR count). The SMILES string of the molecule is COC1CC([C@@H](NC(=O)C2CC(Cn3ccsc3=N)CC(c3cn(C)nc3C(F)(F)F)C2)C2CC2)CCC1F. The van der Waals surface area contributed by atoms with Gasteiger partial charge in [0.25, 0.3) is 0 Å². The van der Waals surface area contributed by atoms with E-state index in [4.69, 9.17) is 10.1 Å². The van der Waals surface area contributed by atoms with E-state index in [1.165, 1.54) is 36.4 Å². The van der Waals surface area contributed by atoms with E-state index in [0.29, 0.717) is 55.8 Å². The van der Waals surface area contributed by atoms with Crippen molar-refractivity contribution in [2.24, 2.45) is 30.7 Å². The summed E-state index contributed by atoms with van der Waals surface area (Å²) in [5.74, 6) is -0.653. The lowest BCUT2D eigenvalue weighted by Gasteiger charge is -2.38. The van der Waals surface area contributed by atoms with Crippen molar-refractivity contribution < 1.29 is 27.1 Å². The van der Waals surface area contributed by atoms with Gasteiger partial charge in [-0.1, -0.05) is 0 Å². The van der Waals surface area contributed by atoms with Crippen LogP contribution in [0.25, 0.3) is 0 Å². The molecule has 39 heavy (non-hydrogen) atoms. The van der Waals surface area contributed by atoms with E-state index in [1.807, 2.05) is 11.6 Å². The third-order valence-electron chi connectivity index (χ3n) is 8.88. The monoisotopic (exact) mass is 571 g/mol. The van der Waals surface area contributed by atoms with Gasteiger partial charge in [0.15, 0.2) is 10.5 Å². The molecule has 2 N–H and O–H groups in total. The Hall–Kier alpha value is -2.21. The maximum absolute atomic E-state index is 14.3. The van der Waals surface area contributed by atoms with Crippen molar-refractivity contribution in [3.05, 3.63) is 33.8 Å². The number of methoxy groups -OCH3 is 1. The minimum Gasteiger partial charge on any atom is -0.378 e. The Kier molecular flexibility index (Phi) is 8.24. The summed E-state index contributed by atoms with van der Waals surface area (Å²) in [6.07, 6.45) is 2.22. The van der Waals surface area contributed by atoms with Crippen molar-refractivity contribution >= 4 is 17.2 Å². The third-order valence-corrected chi connectivity index (χ3v) is 9.59. The van der Waals surface area contributed by atoms with Crippen LogP contribution in [-0.2, 0) is 29.3 Å². The molecule has 3 saturated carbocycles. The smallest absolute Gasteiger partial charge is 0.378 e. The number of carbonyl (C=O) groups is 1. The zero-order chi connectivity index (χ0) is 27.9. The summed E-state index contributed by atoms with van der Waals surface area (Å²) in [7, 11) is 3.00. The van der Waals surface area contributed by atoms with Crippen LogP contribution in [0.5, 0.6) is 0 Å². The van der Waals surface area contributed by atoms with Crippen molar-refractivity contribution in [1.29, 1.82) is 5.41 Å². The Morgan fingerprint density at radius 1 is 1.21 bits per heavy atom. The van der Waals surface area contributed by atoms with Gasteiger partial charge in [-0.25, -0.2) is 4.39 Å². The van der Waals surface area contributed by atoms with Crippen molar-refractivity contribution in [2.75, 3.05) is 7.11 Å². The van der Waals surface area contributed by atoms with Crippen LogP contribution in [0.15, 0.2) is 17.8 Å². The average molecular weight is 572 g/mol. The first kappa shape index (κ1) is 28.3. The number of carbonyl (C=O) groups excluding carboxylic acids is 1. The second-order valence-corrected chi connectivity index (χ2v) is 12.6. The molecule has 0 spiro atoms. The highest BCUT2D eigenvalue weighted by Gasteiger charge is 2.45. The van der Waals surface area contributed by atoms with Crippen LogP contribution >= 0.6 is 11.3 Å². The zero-order valence-electron chi connectivity index (χ0n) is 22.3. The number of nitrogens with one attached hydrogen (secondary N) is 2. The van der Waals surface area contributed by atoms with E-state index >= 15 is 0 Å². The number of rotatable bonds is 8. The molecule has 0 aliphatic heterocycles. The third kappa shape index (κ3) is 6.42. The van der Waals surface area contributed by atoms with Gasteiger partial charge in [-0.15, -0.1) is 11.3 Å². The molecule has 6 unspecified atom stereocenters. The van der Waals surface area contributed by atoms with E-state index in [-0.39, 0.29) is 29.3 Å². The fourth-order valence-corrected chi connectivity index (χ4v) is 7.46. The molecule has 1 amide bonds. The topological polar surface area (TPSA) is 84.9 Å². The Morgan fingerprint density at radius 3 is 2.59 bits per heavy atom. The number of halogens is 4. The molecule has 2 aromatic rings. The highest BCUT2D eigenvalue weighted by molar-refractivity contribution is 7.06. The molecule has 0 aromatic carbocycles. The Bertz CT molecular complexity index is 1210. The minimum atomic E-state index is -4.58. The maximum atomic E-state index is 14.3. The lowest BCUT2D eigenvalue weighted by Crippen LogP contribution is -2.49. The van der Waals surface area contributed by atoms with Crippen LogP contribution in [0, 0.1) is 29.1 Å². The van der Waals surface area contributed by atoms with Crippen molar-refractivity contribution in [3.63, 3.8) is 0 Å². The molecule has 0 radical (unpaired) electrons. The molecule has 2 aromatic heterocycles. The van der Waals surface area contributed by atoms with Gasteiger partial charge in [-0.05, 0) is 75.0 Å². The van der Waals surface area contributed by atoms with E-state index in [1.54, 1.807) is 4.57 Å². The first-order chi connectivity index (χ1) is 18.5. The molecule has 2 heterocycles. The number of alkyl halides is 4. The molecular formula is C27H37F4N5O2S. The summed E-state index contributed by atoms with van der Waals surface area (Å²) >= 11 is 1.29. The van der Waals surface area contributed by atoms with Crippen LogP contribution in [0.3, 0.4) is 0 Å². The average Bonchev–Trinajstić information content (AvgIpc) is 3.53. The lowest BCUT2D eigenvalue weighted by molar-refractivity contribution is -0.142. The zero-order valence-corrected chi connectivity index (χ0v) is 23.1. The predicted octanol–water partition coefficient (Wildman–Crippen LogP) is 5.03. The molecular weight excluding hydrogens is 534 g/mol. The fraction of sp³-hybridized carbons (Fsp3) is 0.741. The minimum absolute atomic E-state index is 0.0660. The Labute approximate surface area is 229 Å². The van der Waals surface area contributed by atoms with Crippen molar-refractivity contribution in [1.82, 2.24) is 19.7 Å². The van der Waals surface area contributed by atoms with Crippen LogP contribution < -0.4 is 10.1 Å². The molecule has 0 bridgehead atoms. The van der Waals surface area contributed by atoms with Gasteiger partial charge in [0.05, 0.1) is 6.10 Å². The van der Waals surface area contributed by atoms with Gasteiger partial charge < -0.3 is 14.6 Å². The van der Waals surface area contributed by atoms with E-state index in [2.05, 4.69) is 10.4 Å². The number of ether oxygens (including phenoxy) is 1. The van der Waals surface area contributed by atoms with Crippen LogP contribution in [0.1, 0.15) is 68.5 Å². The highest BCUT2D eigenvalue weighted by atomic mass is 32.1. The number of amides is 1. The first-order valence-electron chi connectivity index (χ1n) is 13.8. The first-order valence-corrected chi connectivity index (χ1v) is 14.7. The lowest BCUT2D eigenvalue weighted by atomic mass is 9.72. The van der Waals surface area contributed by atoms with Crippen LogP contribution in [0.4, 0.5) is 17.6 Å². The number of hydrogen-bond acceptors (Lipinski definition) is 5. The maximum Gasteiger partial charge on any atom is 0.435 e. The molecule has 0 saturated heterocycles. The molecule has 3 fully saturated rings. The van der Waals surface area contributed by atoms with Gasteiger partial charge >= 0.3 is 6.18 Å². The summed E-state index contributed by atoms with van der Waals surface area (Å²) in [6, 6.07) is -0.0725. The largest absolute Gasteiger partial charge is 0.435 e. The molecule has 3 aliphatic carbocycles. The summed E-state index contributed by atoms with van der Waals surface area (Å²) in [6.45, 7) is 0.478. The van der Waals surface area contributed by atoms with Gasteiger partial charge in [0, 0.05) is 56.0 Å². The van der Waals surface area contributed by atoms with Crippen molar-refractivity contribution in [3.8, 4) is 0 Å². The second kappa shape index (κ2) is 11.3. The van der Waals surface area contributed by atoms with E-state index in [9.17, 15) is 22.4 Å². The number of aryl methyl sites for hydroxylation is 1. The highest BCUT2D eigenvalue weighted by Crippen LogP contribution is 2.45. The van der Waals surface area contributed by atoms with Gasteiger partial charge in [-0.3, -0.25) is 14.9 Å². The van der Waals surface area contributed by atoms with E-state index in [0.717, 1.165) is 12.8 Å². The van der Waals surface area contributed by atoms with Crippen LogP contribution in [-0.4, -0.2) is 45.7 Å². The standard InChI is InChI=1S/C27H37F4N5O2S/c1-35-14-20(24(34-35)27(29,30)31)18-9-15(13-36-7-8-39-26(36)32)10-19(11-18)25(37)33-23(16-3-4-16)17-5-6-21(28)22(12-17)38-2/h7-8,14-19,21-23,32H,3-6,9-13H2,1-2H3,(H,33,37)/t15?,17?,18?,19?,21?,22?,23-/m0/s1. The summed E-state index contributed by atoms with van der Waals surface area (Å²) in [4.78, 5) is 14.2. The quantitative estimate of drug-likeness (QED) is 0.436. The normalized spacial score (nSPS) is 30.7. The van der Waals surface area contributed by atoms with Gasteiger partial charge in [-0.2, -0.15) is 18.3 Å². The molecule has 7 nitrogen and oxygen atoms in total.